The summed E-state index contributed by atoms with van der Waals surface area (Å²) in [7, 11) is 0. The summed E-state index contributed by atoms with van der Waals surface area (Å²) in [5, 5.41) is 14.5. The molecule has 1 saturated carbocycles. The Labute approximate surface area is 127 Å². The first-order valence-electron chi connectivity index (χ1n) is 7.80. The van der Waals surface area contributed by atoms with Gasteiger partial charge in [-0.2, -0.15) is 0 Å². The summed E-state index contributed by atoms with van der Waals surface area (Å²) in [6.45, 7) is 2.17. The van der Waals surface area contributed by atoms with Gasteiger partial charge in [0.1, 0.15) is 11.3 Å². The summed E-state index contributed by atoms with van der Waals surface area (Å²) in [5.41, 5.74) is 2.57. The first-order valence-corrected chi connectivity index (χ1v) is 7.80. The van der Waals surface area contributed by atoms with Crippen LogP contribution in [0.2, 0.25) is 0 Å². The molecule has 4 rings (SSSR count). The molecule has 0 saturated heterocycles. The molecule has 0 amide bonds. The predicted octanol–water partition coefficient (Wildman–Crippen LogP) is 1.75. The smallest absolute Gasteiger partial charge is 0.161 e. The van der Waals surface area contributed by atoms with E-state index in [0.29, 0.717) is 5.92 Å². The van der Waals surface area contributed by atoms with Gasteiger partial charge < -0.3 is 4.98 Å². The standard InChI is InChI=1S/C14H18N8/c1-2-3-4-9-17-11(12-14(18-9)16-7-15-12)10(8-5-6-8)13-19-21-22-20-13/h7-8,10H,2-6H2,1H3,(H,15,16,17,18)(H,19,20,21,22). The summed E-state index contributed by atoms with van der Waals surface area (Å²) in [4.78, 5) is 16.9. The van der Waals surface area contributed by atoms with Crippen molar-refractivity contribution in [2.75, 3.05) is 0 Å². The molecule has 3 heterocycles. The highest BCUT2D eigenvalue weighted by Gasteiger charge is 2.38. The van der Waals surface area contributed by atoms with Crippen LogP contribution in [0.15, 0.2) is 6.33 Å². The van der Waals surface area contributed by atoms with E-state index in [1.54, 1.807) is 6.33 Å². The maximum atomic E-state index is 4.82. The van der Waals surface area contributed by atoms with E-state index in [0.717, 1.165) is 47.8 Å². The van der Waals surface area contributed by atoms with Gasteiger partial charge in [-0.15, -0.1) is 5.10 Å². The molecule has 0 aromatic carbocycles. The third-order valence-electron chi connectivity index (χ3n) is 4.15. The Balaban J connectivity index is 1.82. The van der Waals surface area contributed by atoms with Crippen LogP contribution in [0.5, 0.6) is 0 Å². The zero-order valence-electron chi connectivity index (χ0n) is 12.5. The molecule has 1 atom stereocenters. The summed E-state index contributed by atoms with van der Waals surface area (Å²) in [6, 6.07) is 0. The van der Waals surface area contributed by atoms with E-state index in [1.807, 2.05) is 0 Å². The second kappa shape index (κ2) is 5.43. The van der Waals surface area contributed by atoms with Crippen LogP contribution in [-0.2, 0) is 6.42 Å². The van der Waals surface area contributed by atoms with Gasteiger partial charge in [-0.3, -0.25) is 0 Å². The molecular formula is C14H18N8. The van der Waals surface area contributed by atoms with Gasteiger partial charge in [0.25, 0.3) is 0 Å². The highest BCUT2D eigenvalue weighted by molar-refractivity contribution is 5.73. The molecule has 1 aliphatic rings. The predicted molar refractivity (Wildman–Crippen MR) is 79.0 cm³/mol. The molecule has 3 aromatic heterocycles. The van der Waals surface area contributed by atoms with Crippen molar-refractivity contribution in [3.8, 4) is 0 Å². The largest absolute Gasteiger partial charge is 0.329 e. The van der Waals surface area contributed by atoms with Gasteiger partial charge in [0, 0.05) is 6.42 Å². The third-order valence-corrected chi connectivity index (χ3v) is 4.15. The lowest BCUT2D eigenvalue weighted by atomic mass is 9.97. The van der Waals surface area contributed by atoms with Gasteiger partial charge in [0.2, 0.25) is 0 Å². The molecule has 0 spiro atoms. The molecule has 0 radical (unpaired) electrons. The number of imidazole rings is 1. The minimum atomic E-state index is 0.0733. The Morgan fingerprint density at radius 3 is 2.95 bits per heavy atom. The number of aryl methyl sites for hydroxylation is 1. The number of hydrogen-bond donors (Lipinski definition) is 2. The van der Waals surface area contributed by atoms with Gasteiger partial charge in [0.15, 0.2) is 11.5 Å². The normalized spacial score (nSPS) is 16.2. The number of aromatic nitrogens is 8. The highest BCUT2D eigenvalue weighted by atomic mass is 15.5. The molecule has 2 N–H and O–H groups in total. The van der Waals surface area contributed by atoms with Crippen molar-refractivity contribution in [2.45, 2.75) is 44.9 Å². The molecule has 22 heavy (non-hydrogen) atoms. The lowest BCUT2D eigenvalue weighted by Crippen LogP contribution is -2.12. The van der Waals surface area contributed by atoms with Crippen molar-refractivity contribution in [2.24, 2.45) is 5.92 Å². The van der Waals surface area contributed by atoms with Crippen LogP contribution in [0.1, 0.15) is 55.9 Å². The Bertz CT molecular complexity index is 758. The highest BCUT2D eigenvalue weighted by Crippen LogP contribution is 2.45. The van der Waals surface area contributed by atoms with E-state index in [2.05, 4.69) is 42.5 Å². The number of H-pyrrole nitrogens is 2. The molecule has 8 heteroatoms. The maximum absolute atomic E-state index is 4.82. The van der Waals surface area contributed by atoms with E-state index in [4.69, 9.17) is 4.98 Å². The van der Waals surface area contributed by atoms with Gasteiger partial charge in [-0.25, -0.2) is 20.1 Å². The Hall–Kier alpha value is -2.38. The van der Waals surface area contributed by atoms with E-state index < -0.39 is 0 Å². The number of nitrogens with zero attached hydrogens (tertiary/aromatic N) is 6. The molecule has 8 nitrogen and oxygen atoms in total. The van der Waals surface area contributed by atoms with Gasteiger partial charge in [0.05, 0.1) is 17.9 Å². The fourth-order valence-corrected chi connectivity index (χ4v) is 2.87. The fourth-order valence-electron chi connectivity index (χ4n) is 2.87. The number of tetrazole rings is 1. The molecule has 1 fully saturated rings. The minimum Gasteiger partial charge on any atom is -0.329 e. The van der Waals surface area contributed by atoms with Crippen LogP contribution >= 0.6 is 0 Å². The van der Waals surface area contributed by atoms with Gasteiger partial charge in [-0.1, -0.05) is 13.3 Å². The van der Waals surface area contributed by atoms with Crippen LogP contribution < -0.4 is 0 Å². The maximum Gasteiger partial charge on any atom is 0.161 e. The van der Waals surface area contributed by atoms with Crippen LogP contribution in [0.25, 0.3) is 11.2 Å². The fraction of sp³-hybridized carbons (Fsp3) is 0.571. The number of aromatic amines is 2. The van der Waals surface area contributed by atoms with Crippen molar-refractivity contribution in [1.29, 1.82) is 0 Å². The average molecular weight is 298 g/mol. The monoisotopic (exact) mass is 298 g/mol. The molecular weight excluding hydrogens is 280 g/mol. The number of unbranched alkanes of at least 4 members (excludes halogenated alkanes) is 1. The zero-order valence-corrected chi connectivity index (χ0v) is 12.5. The van der Waals surface area contributed by atoms with Crippen molar-refractivity contribution >= 4 is 11.2 Å². The average Bonchev–Trinajstić information content (AvgIpc) is 3.02. The first kappa shape index (κ1) is 13.3. The minimum absolute atomic E-state index is 0.0733. The number of rotatable bonds is 6. The molecule has 0 aliphatic heterocycles. The van der Waals surface area contributed by atoms with Gasteiger partial charge in [-0.05, 0) is 35.6 Å². The summed E-state index contributed by atoms with van der Waals surface area (Å²) in [5.74, 6) is 2.24. The topological polar surface area (TPSA) is 109 Å². The van der Waals surface area contributed by atoms with Gasteiger partial charge >= 0.3 is 0 Å². The van der Waals surface area contributed by atoms with Crippen LogP contribution in [-0.4, -0.2) is 40.6 Å². The van der Waals surface area contributed by atoms with Crippen molar-refractivity contribution in [3.63, 3.8) is 0 Å². The van der Waals surface area contributed by atoms with E-state index in [9.17, 15) is 0 Å². The van der Waals surface area contributed by atoms with Crippen molar-refractivity contribution in [1.82, 2.24) is 40.6 Å². The molecule has 1 aliphatic carbocycles. The lowest BCUT2D eigenvalue weighted by Gasteiger charge is -2.13. The second-order valence-electron chi connectivity index (χ2n) is 5.83. The second-order valence-corrected chi connectivity index (χ2v) is 5.83. The van der Waals surface area contributed by atoms with E-state index in [1.165, 1.54) is 12.8 Å². The van der Waals surface area contributed by atoms with Crippen molar-refractivity contribution in [3.05, 3.63) is 23.7 Å². The molecule has 114 valence electrons. The SMILES string of the molecule is CCCCc1nc(C(c2nnn[nH]2)C2CC2)c2nc[nH]c2n1. The summed E-state index contributed by atoms with van der Waals surface area (Å²) >= 11 is 0. The zero-order chi connectivity index (χ0) is 14.9. The van der Waals surface area contributed by atoms with E-state index in [-0.39, 0.29) is 5.92 Å². The number of hydrogen-bond acceptors (Lipinski definition) is 6. The van der Waals surface area contributed by atoms with Crippen molar-refractivity contribution < 1.29 is 0 Å². The van der Waals surface area contributed by atoms with Crippen LogP contribution in [0, 0.1) is 5.92 Å². The van der Waals surface area contributed by atoms with Crippen LogP contribution in [0.4, 0.5) is 0 Å². The Morgan fingerprint density at radius 2 is 2.23 bits per heavy atom. The Morgan fingerprint density at radius 1 is 1.32 bits per heavy atom. The quantitative estimate of drug-likeness (QED) is 0.717. The van der Waals surface area contributed by atoms with Crippen LogP contribution in [0.3, 0.4) is 0 Å². The third kappa shape index (κ3) is 2.34. The first-order chi connectivity index (χ1) is 10.9. The number of fused-ring (bicyclic) bond motifs is 1. The molecule has 1 unspecified atom stereocenters. The lowest BCUT2D eigenvalue weighted by molar-refractivity contribution is 0.634. The number of nitrogens with one attached hydrogen (secondary N) is 2. The molecule has 0 bridgehead atoms. The molecule has 3 aromatic rings. The van der Waals surface area contributed by atoms with E-state index >= 15 is 0 Å². The Kier molecular flexibility index (Phi) is 3.28. The summed E-state index contributed by atoms with van der Waals surface area (Å²) < 4.78 is 0. The summed E-state index contributed by atoms with van der Waals surface area (Å²) in [6.07, 6.45) is 7.10.